The van der Waals surface area contributed by atoms with E-state index in [1.165, 1.54) is 6.07 Å². The lowest BCUT2D eigenvalue weighted by molar-refractivity contribution is -0.383. The number of nitro benzene ring substituents is 1. The molecule has 0 aliphatic rings. The van der Waals surface area contributed by atoms with Gasteiger partial charge in [-0.15, -0.1) is 0 Å². The first-order chi connectivity index (χ1) is 9.08. The Labute approximate surface area is 115 Å². The number of hydrogen-bond donors (Lipinski definition) is 2. The first-order valence-electron chi connectivity index (χ1n) is 5.59. The summed E-state index contributed by atoms with van der Waals surface area (Å²) in [6.07, 6.45) is 0. The summed E-state index contributed by atoms with van der Waals surface area (Å²) in [5.41, 5.74) is 7.70. The molecule has 2 rings (SSSR count). The van der Waals surface area contributed by atoms with Crippen molar-refractivity contribution < 1.29 is 4.92 Å². The lowest BCUT2D eigenvalue weighted by Crippen LogP contribution is -2.04. The van der Waals surface area contributed by atoms with E-state index in [0.717, 1.165) is 5.56 Å². The molecule has 6 heteroatoms. The molecule has 0 atom stereocenters. The van der Waals surface area contributed by atoms with Crippen LogP contribution in [0.4, 0.5) is 17.1 Å². The SMILES string of the molecule is Nc1ccccc1CNc1ccc(Cl)cc1[N+](=O)[O-]. The van der Waals surface area contributed by atoms with Crippen molar-refractivity contribution >= 4 is 28.7 Å². The predicted molar refractivity (Wildman–Crippen MR) is 76.3 cm³/mol. The molecular weight excluding hydrogens is 266 g/mol. The van der Waals surface area contributed by atoms with Gasteiger partial charge in [0.2, 0.25) is 0 Å². The molecule has 0 unspecified atom stereocenters. The minimum atomic E-state index is -0.470. The maximum Gasteiger partial charge on any atom is 0.293 e. The molecule has 5 nitrogen and oxygen atoms in total. The zero-order chi connectivity index (χ0) is 13.8. The molecule has 0 aliphatic heterocycles. The first-order valence-corrected chi connectivity index (χ1v) is 5.97. The highest BCUT2D eigenvalue weighted by Gasteiger charge is 2.14. The Hall–Kier alpha value is -2.27. The van der Waals surface area contributed by atoms with Gasteiger partial charge in [-0.3, -0.25) is 10.1 Å². The monoisotopic (exact) mass is 277 g/mol. The van der Waals surface area contributed by atoms with Crippen molar-refractivity contribution in [2.24, 2.45) is 0 Å². The van der Waals surface area contributed by atoms with Crippen LogP contribution in [-0.2, 0) is 6.54 Å². The van der Waals surface area contributed by atoms with Crippen molar-refractivity contribution in [3.05, 3.63) is 63.2 Å². The third kappa shape index (κ3) is 3.14. The van der Waals surface area contributed by atoms with Crippen LogP contribution in [0.1, 0.15) is 5.56 Å². The van der Waals surface area contributed by atoms with E-state index in [-0.39, 0.29) is 5.69 Å². The molecule has 0 spiro atoms. The van der Waals surface area contributed by atoms with E-state index in [9.17, 15) is 10.1 Å². The number of para-hydroxylation sites is 1. The fraction of sp³-hybridized carbons (Fsp3) is 0.0769. The molecule has 0 saturated carbocycles. The van der Waals surface area contributed by atoms with E-state index >= 15 is 0 Å². The number of nitrogens with two attached hydrogens (primary N) is 1. The number of rotatable bonds is 4. The highest BCUT2D eigenvalue weighted by atomic mass is 35.5. The largest absolute Gasteiger partial charge is 0.398 e. The molecule has 0 heterocycles. The highest BCUT2D eigenvalue weighted by Crippen LogP contribution is 2.28. The Balaban J connectivity index is 2.20. The normalized spacial score (nSPS) is 10.2. The number of nitrogens with one attached hydrogen (secondary N) is 1. The zero-order valence-electron chi connectivity index (χ0n) is 9.97. The summed E-state index contributed by atoms with van der Waals surface area (Å²) in [5.74, 6) is 0. The lowest BCUT2D eigenvalue weighted by atomic mass is 10.1. The number of hydrogen-bond acceptors (Lipinski definition) is 4. The Morgan fingerprint density at radius 2 is 2.00 bits per heavy atom. The first kappa shape index (κ1) is 13.2. The van der Waals surface area contributed by atoms with E-state index in [4.69, 9.17) is 17.3 Å². The number of nitro groups is 1. The van der Waals surface area contributed by atoms with Gasteiger partial charge in [0, 0.05) is 23.3 Å². The van der Waals surface area contributed by atoms with Gasteiger partial charge in [-0.1, -0.05) is 29.8 Å². The quantitative estimate of drug-likeness (QED) is 0.509. The fourth-order valence-corrected chi connectivity index (χ4v) is 1.86. The second-order valence-corrected chi connectivity index (χ2v) is 4.41. The van der Waals surface area contributed by atoms with Gasteiger partial charge in [0.15, 0.2) is 0 Å². The number of anilines is 2. The van der Waals surface area contributed by atoms with Crippen LogP contribution in [0.2, 0.25) is 5.02 Å². The van der Waals surface area contributed by atoms with Crippen LogP contribution in [-0.4, -0.2) is 4.92 Å². The molecule has 0 fully saturated rings. The maximum atomic E-state index is 10.9. The van der Waals surface area contributed by atoms with Crippen LogP contribution >= 0.6 is 11.6 Å². The maximum absolute atomic E-state index is 10.9. The van der Waals surface area contributed by atoms with Crippen LogP contribution in [0, 0.1) is 10.1 Å². The smallest absolute Gasteiger partial charge is 0.293 e. The van der Waals surface area contributed by atoms with Crippen molar-refractivity contribution in [2.45, 2.75) is 6.54 Å². The van der Waals surface area contributed by atoms with Crippen LogP contribution in [0.3, 0.4) is 0 Å². The van der Waals surface area contributed by atoms with Gasteiger partial charge < -0.3 is 11.1 Å². The van der Waals surface area contributed by atoms with E-state index in [1.54, 1.807) is 18.2 Å². The van der Waals surface area contributed by atoms with Gasteiger partial charge in [0.25, 0.3) is 5.69 Å². The average Bonchev–Trinajstić information content (AvgIpc) is 2.38. The van der Waals surface area contributed by atoms with Crippen molar-refractivity contribution in [2.75, 3.05) is 11.1 Å². The molecule has 0 bridgehead atoms. The Bertz CT molecular complexity index is 617. The Morgan fingerprint density at radius 3 is 2.68 bits per heavy atom. The van der Waals surface area contributed by atoms with Gasteiger partial charge >= 0.3 is 0 Å². The summed E-state index contributed by atoms with van der Waals surface area (Å²) < 4.78 is 0. The summed E-state index contributed by atoms with van der Waals surface area (Å²) >= 11 is 5.75. The van der Waals surface area contributed by atoms with Gasteiger partial charge in [-0.25, -0.2) is 0 Å². The Morgan fingerprint density at radius 1 is 1.26 bits per heavy atom. The van der Waals surface area contributed by atoms with Crippen LogP contribution < -0.4 is 11.1 Å². The van der Waals surface area contributed by atoms with Crippen molar-refractivity contribution in [3.63, 3.8) is 0 Å². The van der Waals surface area contributed by atoms with Crippen molar-refractivity contribution in [1.29, 1.82) is 0 Å². The summed E-state index contributed by atoms with van der Waals surface area (Å²) in [6.45, 7) is 0.412. The summed E-state index contributed by atoms with van der Waals surface area (Å²) in [6, 6.07) is 11.9. The minimum Gasteiger partial charge on any atom is -0.398 e. The molecule has 98 valence electrons. The molecule has 19 heavy (non-hydrogen) atoms. The van der Waals surface area contributed by atoms with E-state index in [1.807, 2.05) is 18.2 Å². The van der Waals surface area contributed by atoms with Gasteiger partial charge in [0.05, 0.1) is 4.92 Å². The molecule has 0 radical (unpaired) electrons. The molecular formula is C13H12ClN3O2. The molecule has 0 aromatic heterocycles. The topological polar surface area (TPSA) is 81.2 Å². The van der Waals surface area contributed by atoms with Gasteiger partial charge in [0.1, 0.15) is 5.69 Å². The molecule has 0 aliphatic carbocycles. The van der Waals surface area contributed by atoms with Gasteiger partial charge in [-0.2, -0.15) is 0 Å². The van der Waals surface area contributed by atoms with Gasteiger partial charge in [-0.05, 0) is 23.8 Å². The van der Waals surface area contributed by atoms with E-state index in [2.05, 4.69) is 5.32 Å². The van der Waals surface area contributed by atoms with Crippen LogP contribution in [0.25, 0.3) is 0 Å². The van der Waals surface area contributed by atoms with Crippen molar-refractivity contribution in [1.82, 2.24) is 0 Å². The summed E-state index contributed by atoms with van der Waals surface area (Å²) in [5, 5.41) is 14.3. The van der Waals surface area contributed by atoms with E-state index in [0.29, 0.717) is 22.9 Å². The molecule has 0 amide bonds. The third-order valence-corrected chi connectivity index (χ3v) is 2.92. The standard InChI is InChI=1S/C13H12ClN3O2/c14-10-5-6-12(13(7-10)17(18)19)16-8-9-3-1-2-4-11(9)15/h1-7,16H,8,15H2. The second-order valence-electron chi connectivity index (χ2n) is 3.97. The summed E-state index contributed by atoms with van der Waals surface area (Å²) in [4.78, 5) is 10.5. The number of nitrogen functional groups attached to an aromatic ring is 1. The second kappa shape index (κ2) is 5.58. The van der Waals surface area contributed by atoms with Crippen molar-refractivity contribution in [3.8, 4) is 0 Å². The highest BCUT2D eigenvalue weighted by molar-refractivity contribution is 6.30. The molecule has 2 aromatic rings. The van der Waals surface area contributed by atoms with E-state index < -0.39 is 4.92 Å². The molecule has 0 saturated heterocycles. The number of benzene rings is 2. The van der Waals surface area contributed by atoms with Crippen LogP contribution in [0.5, 0.6) is 0 Å². The lowest BCUT2D eigenvalue weighted by Gasteiger charge is -2.09. The number of halogens is 1. The third-order valence-electron chi connectivity index (χ3n) is 2.68. The molecule has 2 aromatic carbocycles. The average molecular weight is 278 g/mol. The minimum absolute atomic E-state index is 0.0537. The fourth-order valence-electron chi connectivity index (χ4n) is 1.69. The predicted octanol–water partition coefficient (Wildman–Crippen LogP) is 3.44. The van der Waals surface area contributed by atoms with Crippen LogP contribution in [0.15, 0.2) is 42.5 Å². The zero-order valence-corrected chi connectivity index (χ0v) is 10.7. The summed E-state index contributed by atoms with van der Waals surface area (Å²) in [7, 11) is 0. The molecule has 3 N–H and O–H groups in total. The number of nitrogens with zero attached hydrogens (tertiary/aromatic N) is 1. The Kier molecular flexibility index (Phi) is 3.87.